The van der Waals surface area contributed by atoms with Crippen molar-refractivity contribution in [3.8, 4) is 28.5 Å². The van der Waals surface area contributed by atoms with Crippen LogP contribution in [0.5, 0.6) is 0 Å². The summed E-state index contributed by atoms with van der Waals surface area (Å²) in [6.07, 6.45) is 0. The standard InChI is InChI=1S/C23H20N2O2S/c1-3-27-22(26)15-28-23-20(14-24)19(17-7-5-4-6-8-17)13-21(25-23)18-11-9-16(2)10-12-18/h4-13H,3,15H2,1-2H3. The molecule has 3 aromatic rings. The van der Waals surface area contributed by atoms with Crippen LogP contribution in [0.4, 0.5) is 0 Å². The highest BCUT2D eigenvalue weighted by molar-refractivity contribution is 7.99. The first-order valence-corrected chi connectivity index (χ1v) is 9.97. The number of aryl methyl sites for hydroxylation is 1. The molecule has 0 amide bonds. The van der Waals surface area contributed by atoms with E-state index in [1.807, 2.05) is 67.6 Å². The molecule has 0 N–H and O–H groups in total. The molecule has 0 spiro atoms. The van der Waals surface area contributed by atoms with Crippen LogP contribution in [0.3, 0.4) is 0 Å². The van der Waals surface area contributed by atoms with Crippen LogP contribution in [0.2, 0.25) is 0 Å². The van der Waals surface area contributed by atoms with E-state index in [0.717, 1.165) is 27.9 Å². The van der Waals surface area contributed by atoms with Gasteiger partial charge in [-0.1, -0.05) is 71.9 Å². The molecule has 0 fully saturated rings. The van der Waals surface area contributed by atoms with Crippen LogP contribution in [-0.4, -0.2) is 23.3 Å². The van der Waals surface area contributed by atoms with Crippen LogP contribution in [0.25, 0.3) is 22.4 Å². The van der Waals surface area contributed by atoms with Crippen molar-refractivity contribution in [2.75, 3.05) is 12.4 Å². The molecule has 0 saturated carbocycles. The van der Waals surface area contributed by atoms with Crippen LogP contribution in [0.15, 0.2) is 65.7 Å². The number of carbonyl (C=O) groups excluding carboxylic acids is 1. The maximum Gasteiger partial charge on any atom is 0.316 e. The maximum absolute atomic E-state index is 11.8. The minimum absolute atomic E-state index is 0.112. The lowest BCUT2D eigenvalue weighted by atomic mass is 9.99. The van der Waals surface area contributed by atoms with E-state index >= 15 is 0 Å². The summed E-state index contributed by atoms with van der Waals surface area (Å²) in [5, 5.41) is 10.3. The third-order valence-electron chi connectivity index (χ3n) is 4.16. The van der Waals surface area contributed by atoms with Gasteiger partial charge in [-0.05, 0) is 25.5 Å². The molecule has 0 atom stereocenters. The fourth-order valence-electron chi connectivity index (χ4n) is 2.78. The average molecular weight is 388 g/mol. The molecule has 2 aromatic carbocycles. The Morgan fingerprint density at radius 3 is 2.46 bits per heavy atom. The van der Waals surface area contributed by atoms with Gasteiger partial charge in [0.2, 0.25) is 0 Å². The lowest BCUT2D eigenvalue weighted by Crippen LogP contribution is -2.07. The number of hydrogen-bond acceptors (Lipinski definition) is 5. The molecule has 0 saturated heterocycles. The molecule has 0 radical (unpaired) electrons. The van der Waals surface area contributed by atoms with Gasteiger partial charge in [-0.3, -0.25) is 4.79 Å². The number of thioether (sulfide) groups is 1. The molecule has 0 unspecified atom stereocenters. The second kappa shape index (κ2) is 9.20. The SMILES string of the molecule is CCOC(=O)CSc1nc(-c2ccc(C)cc2)cc(-c2ccccc2)c1C#N. The quantitative estimate of drug-likeness (QED) is 0.426. The minimum Gasteiger partial charge on any atom is -0.465 e. The van der Waals surface area contributed by atoms with Gasteiger partial charge < -0.3 is 4.74 Å². The fraction of sp³-hybridized carbons (Fsp3) is 0.174. The summed E-state index contributed by atoms with van der Waals surface area (Å²) in [6.45, 7) is 4.13. The molecule has 1 heterocycles. The predicted octanol–water partition coefficient (Wildman–Crippen LogP) is 5.25. The number of aromatic nitrogens is 1. The Morgan fingerprint density at radius 1 is 1.11 bits per heavy atom. The maximum atomic E-state index is 11.8. The van der Waals surface area contributed by atoms with Gasteiger partial charge in [-0.25, -0.2) is 4.98 Å². The van der Waals surface area contributed by atoms with Crippen LogP contribution in [-0.2, 0) is 9.53 Å². The molecule has 5 heteroatoms. The normalized spacial score (nSPS) is 10.3. The number of benzene rings is 2. The monoisotopic (exact) mass is 388 g/mol. The van der Waals surface area contributed by atoms with Crippen LogP contribution in [0.1, 0.15) is 18.1 Å². The van der Waals surface area contributed by atoms with Gasteiger partial charge in [0.1, 0.15) is 11.1 Å². The third kappa shape index (κ3) is 4.59. The number of pyridine rings is 1. The Hall–Kier alpha value is -3.10. The largest absolute Gasteiger partial charge is 0.465 e. The van der Waals surface area contributed by atoms with Crippen molar-refractivity contribution in [1.82, 2.24) is 4.98 Å². The van der Waals surface area contributed by atoms with E-state index in [1.165, 1.54) is 11.8 Å². The first-order chi connectivity index (χ1) is 13.6. The van der Waals surface area contributed by atoms with Gasteiger partial charge in [-0.2, -0.15) is 5.26 Å². The lowest BCUT2D eigenvalue weighted by molar-refractivity contribution is -0.139. The number of nitriles is 1. The second-order valence-electron chi connectivity index (χ2n) is 6.17. The molecule has 0 aliphatic carbocycles. The van der Waals surface area contributed by atoms with Crippen molar-refractivity contribution < 1.29 is 9.53 Å². The molecule has 0 bridgehead atoms. The molecule has 28 heavy (non-hydrogen) atoms. The Bertz CT molecular complexity index is 1010. The van der Waals surface area contributed by atoms with Gasteiger partial charge in [0.15, 0.2) is 0 Å². The van der Waals surface area contributed by atoms with Crippen molar-refractivity contribution in [3.63, 3.8) is 0 Å². The number of hydrogen-bond donors (Lipinski definition) is 0. The summed E-state index contributed by atoms with van der Waals surface area (Å²) >= 11 is 1.23. The highest BCUT2D eigenvalue weighted by atomic mass is 32.2. The molecule has 1 aromatic heterocycles. The Morgan fingerprint density at radius 2 is 1.82 bits per heavy atom. The van der Waals surface area contributed by atoms with Gasteiger partial charge >= 0.3 is 5.97 Å². The third-order valence-corrected chi connectivity index (χ3v) is 5.11. The fourth-order valence-corrected chi connectivity index (χ4v) is 3.58. The second-order valence-corrected chi connectivity index (χ2v) is 7.14. The highest BCUT2D eigenvalue weighted by Gasteiger charge is 2.17. The Labute approximate surface area is 169 Å². The van der Waals surface area contributed by atoms with E-state index in [1.54, 1.807) is 6.92 Å². The molecule has 0 aliphatic heterocycles. The number of nitrogens with zero attached hydrogens (tertiary/aromatic N) is 2. The van der Waals surface area contributed by atoms with Crippen LogP contribution < -0.4 is 0 Å². The lowest BCUT2D eigenvalue weighted by Gasteiger charge is -2.12. The average Bonchev–Trinajstić information content (AvgIpc) is 2.73. The van der Waals surface area contributed by atoms with Crippen molar-refractivity contribution >= 4 is 17.7 Å². The Kier molecular flexibility index (Phi) is 6.46. The number of ether oxygens (including phenoxy) is 1. The predicted molar refractivity (Wildman–Crippen MR) is 112 cm³/mol. The highest BCUT2D eigenvalue weighted by Crippen LogP contribution is 2.34. The van der Waals surface area contributed by atoms with Gasteiger partial charge in [0, 0.05) is 11.1 Å². The zero-order chi connectivity index (χ0) is 19.9. The summed E-state index contributed by atoms with van der Waals surface area (Å²) in [4.78, 5) is 16.5. The number of esters is 1. The molecular weight excluding hydrogens is 368 g/mol. The zero-order valence-electron chi connectivity index (χ0n) is 15.8. The minimum atomic E-state index is -0.319. The molecule has 140 valence electrons. The van der Waals surface area contributed by atoms with Gasteiger partial charge in [0.05, 0.1) is 23.6 Å². The first-order valence-electron chi connectivity index (χ1n) is 8.98. The molecular formula is C23H20N2O2S. The Balaban J connectivity index is 2.11. The van der Waals surface area contributed by atoms with E-state index in [-0.39, 0.29) is 11.7 Å². The summed E-state index contributed by atoms with van der Waals surface area (Å²) in [5.41, 5.74) is 5.11. The van der Waals surface area contributed by atoms with Crippen molar-refractivity contribution in [1.29, 1.82) is 5.26 Å². The van der Waals surface area contributed by atoms with Crippen molar-refractivity contribution in [3.05, 3.63) is 71.8 Å². The van der Waals surface area contributed by atoms with Gasteiger partial charge in [-0.15, -0.1) is 0 Å². The van der Waals surface area contributed by atoms with Crippen LogP contribution in [0, 0.1) is 18.3 Å². The van der Waals surface area contributed by atoms with E-state index < -0.39 is 0 Å². The van der Waals surface area contributed by atoms with E-state index in [2.05, 4.69) is 6.07 Å². The van der Waals surface area contributed by atoms with Gasteiger partial charge in [0.25, 0.3) is 0 Å². The summed E-state index contributed by atoms with van der Waals surface area (Å²) in [5.74, 6) is -0.207. The number of rotatable bonds is 6. The summed E-state index contributed by atoms with van der Waals surface area (Å²) in [7, 11) is 0. The van der Waals surface area contributed by atoms with Crippen molar-refractivity contribution in [2.45, 2.75) is 18.9 Å². The molecule has 4 nitrogen and oxygen atoms in total. The smallest absolute Gasteiger partial charge is 0.316 e. The van der Waals surface area contributed by atoms with Crippen LogP contribution >= 0.6 is 11.8 Å². The molecule has 0 aliphatic rings. The first kappa shape index (κ1) is 19.7. The van der Waals surface area contributed by atoms with Crippen molar-refractivity contribution in [2.24, 2.45) is 0 Å². The summed E-state index contributed by atoms with van der Waals surface area (Å²) in [6, 6.07) is 22.0. The van der Waals surface area contributed by atoms with E-state index in [4.69, 9.17) is 9.72 Å². The van der Waals surface area contributed by atoms with E-state index in [9.17, 15) is 10.1 Å². The number of carbonyl (C=O) groups is 1. The van der Waals surface area contributed by atoms with E-state index in [0.29, 0.717) is 17.2 Å². The zero-order valence-corrected chi connectivity index (χ0v) is 16.6. The topological polar surface area (TPSA) is 63.0 Å². The summed E-state index contributed by atoms with van der Waals surface area (Å²) < 4.78 is 5.01. The molecule has 3 rings (SSSR count).